The fraction of sp³-hybridized carbons (Fsp3) is 0.667. The monoisotopic (exact) mass is 137 g/mol. The molecular weight excluding hydrogens is 122 g/mol. The van der Waals surface area contributed by atoms with Crippen molar-refractivity contribution in [3.05, 3.63) is 12.7 Å². The second-order valence-corrected chi connectivity index (χ2v) is 2.61. The summed E-state index contributed by atoms with van der Waals surface area (Å²) >= 11 is 0. The Morgan fingerprint density at radius 3 is 2.10 bits per heavy atom. The molecule has 0 aliphatic heterocycles. The first-order valence-corrected chi connectivity index (χ1v) is 3.75. The summed E-state index contributed by atoms with van der Waals surface area (Å²) in [7, 11) is 0. The molecule has 0 atom stereocenters. The second kappa shape index (κ2) is 4.11. The Balaban J connectivity index is 4.18. The van der Waals surface area contributed by atoms with Crippen molar-refractivity contribution in [3.63, 3.8) is 0 Å². The fourth-order valence-corrected chi connectivity index (χ4v) is 1.02. The molecule has 0 saturated carbocycles. The van der Waals surface area contributed by atoms with Gasteiger partial charge in [0.2, 0.25) is 0 Å². The van der Waals surface area contributed by atoms with Gasteiger partial charge in [-0.1, -0.05) is 19.9 Å². The van der Waals surface area contributed by atoms with E-state index in [2.05, 4.69) is 26.5 Å². The van der Waals surface area contributed by atoms with Crippen LogP contribution < -0.4 is 0 Å². The first-order valence-electron chi connectivity index (χ1n) is 3.75. The number of allylic oxidation sites excluding steroid dienone is 1. The molecule has 0 fully saturated rings. The molecule has 0 amide bonds. The molecule has 0 heterocycles. The van der Waals surface area contributed by atoms with Crippen LogP contribution in [0.25, 0.3) is 0 Å². The van der Waals surface area contributed by atoms with E-state index < -0.39 is 0 Å². The van der Waals surface area contributed by atoms with Gasteiger partial charge in [0, 0.05) is 11.8 Å². The molecule has 0 bridgehead atoms. The van der Waals surface area contributed by atoms with E-state index in [9.17, 15) is 0 Å². The maximum Gasteiger partial charge on any atom is 0.0630 e. The Hall–Kier alpha value is -0.770. The van der Waals surface area contributed by atoms with Gasteiger partial charge in [-0.15, -0.1) is 6.58 Å². The Kier molecular flexibility index (Phi) is 3.79. The quantitative estimate of drug-likeness (QED) is 0.546. The van der Waals surface area contributed by atoms with E-state index in [1.54, 1.807) is 0 Å². The molecule has 1 nitrogen and oxygen atoms in total. The molecule has 10 heavy (non-hydrogen) atoms. The zero-order valence-corrected chi connectivity index (χ0v) is 6.85. The van der Waals surface area contributed by atoms with Crippen LogP contribution in [-0.4, -0.2) is 0 Å². The van der Waals surface area contributed by atoms with Crippen molar-refractivity contribution in [2.45, 2.75) is 33.1 Å². The molecule has 0 unspecified atom stereocenters. The zero-order valence-electron chi connectivity index (χ0n) is 6.85. The summed E-state index contributed by atoms with van der Waals surface area (Å²) in [4.78, 5) is 0. The van der Waals surface area contributed by atoms with E-state index in [1.807, 2.05) is 6.08 Å². The van der Waals surface area contributed by atoms with Gasteiger partial charge in [0.05, 0.1) is 6.07 Å². The molecule has 0 aromatic rings. The van der Waals surface area contributed by atoms with Gasteiger partial charge < -0.3 is 0 Å². The normalized spacial score (nSPS) is 10.5. The summed E-state index contributed by atoms with van der Waals surface area (Å²) in [6.07, 6.45) is 4.54. The number of nitrogens with zero attached hydrogens (tertiary/aromatic N) is 1. The van der Waals surface area contributed by atoms with Gasteiger partial charge in [-0.3, -0.25) is 0 Å². The van der Waals surface area contributed by atoms with E-state index in [4.69, 9.17) is 5.26 Å². The van der Waals surface area contributed by atoms with Crippen molar-refractivity contribution in [2.24, 2.45) is 5.41 Å². The van der Waals surface area contributed by atoms with E-state index in [0.29, 0.717) is 6.42 Å². The number of nitriles is 1. The van der Waals surface area contributed by atoms with Crippen molar-refractivity contribution in [1.29, 1.82) is 5.26 Å². The SMILES string of the molecule is C=CC(CC)(CC)CC#N. The average molecular weight is 137 g/mol. The molecule has 0 N–H and O–H groups in total. The Labute approximate surface area is 63.4 Å². The maximum atomic E-state index is 8.50. The van der Waals surface area contributed by atoms with Gasteiger partial charge in [0.15, 0.2) is 0 Å². The van der Waals surface area contributed by atoms with E-state index in [1.165, 1.54) is 0 Å². The highest BCUT2D eigenvalue weighted by Crippen LogP contribution is 2.30. The van der Waals surface area contributed by atoms with Crippen molar-refractivity contribution in [1.82, 2.24) is 0 Å². The van der Waals surface area contributed by atoms with Gasteiger partial charge in [0.25, 0.3) is 0 Å². The predicted octanol–water partition coefficient (Wildman–Crippen LogP) is 2.89. The van der Waals surface area contributed by atoms with Gasteiger partial charge in [0.1, 0.15) is 0 Å². The standard InChI is InChI=1S/C9H15N/c1-4-9(5-2,6-3)7-8-10/h4H,1,5-7H2,2-3H3. The molecule has 0 aromatic carbocycles. The molecule has 0 aliphatic carbocycles. The number of rotatable bonds is 4. The Morgan fingerprint density at radius 2 is 2.00 bits per heavy atom. The van der Waals surface area contributed by atoms with Crippen LogP contribution in [0.15, 0.2) is 12.7 Å². The first kappa shape index (κ1) is 9.23. The van der Waals surface area contributed by atoms with Crippen molar-refractivity contribution in [2.75, 3.05) is 0 Å². The minimum atomic E-state index is 0.0781. The van der Waals surface area contributed by atoms with E-state index in [0.717, 1.165) is 12.8 Å². The lowest BCUT2D eigenvalue weighted by molar-refractivity contribution is 0.362. The minimum Gasteiger partial charge on any atom is -0.198 e. The number of hydrogen-bond donors (Lipinski definition) is 0. The lowest BCUT2D eigenvalue weighted by atomic mass is 9.80. The van der Waals surface area contributed by atoms with Crippen LogP contribution in [0.4, 0.5) is 0 Å². The van der Waals surface area contributed by atoms with Gasteiger partial charge in [-0.25, -0.2) is 0 Å². The highest BCUT2D eigenvalue weighted by atomic mass is 14.3. The molecule has 0 saturated heterocycles. The largest absolute Gasteiger partial charge is 0.198 e. The van der Waals surface area contributed by atoms with Gasteiger partial charge in [-0.05, 0) is 12.8 Å². The molecule has 0 rings (SSSR count). The lowest BCUT2D eigenvalue weighted by Crippen LogP contribution is -2.13. The highest BCUT2D eigenvalue weighted by Gasteiger charge is 2.20. The first-order chi connectivity index (χ1) is 4.74. The van der Waals surface area contributed by atoms with Crippen LogP contribution in [0.2, 0.25) is 0 Å². The molecule has 0 aromatic heterocycles. The smallest absolute Gasteiger partial charge is 0.0630 e. The summed E-state index contributed by atoms with van der Waals surface area (Å²) in [5.74, 6) is 0. The second-order valence-electron chi connectivity index (χ2n) is 2.61. The molecule has 0 radical (unpaired) electrons. The third-order valence-electron chi connectivity index (χ3n) is 2.27. The van der Waals surface area contributed by atoms with Crippen LogP contribution in [0.1, 0.15) is 33.1 Å². The molecule has 0 aliphatic rings. The van der Waals surface area contributed by atoms with Crippen LogP contribution >= 0.6 is 0 Å². The van der Waals surface area contributed by atoms with Crippen LogP contribution in [-0.2, 0) is 0 Å². The Morgan fingerprint density at radius 1 is 1.50 bits per heavy atom. The summed E-state index contributed by atoms with van der Waals surface area (Å²) in [5, 5.41) is 8.50. The maximum absolute atomic E-state index is 8.50. The fourth-order valence-electron chi connectivity index (χ4n) is 1.02. The van der Waals surface area contributed by atoms with Crippen molar-refractivity contribution in [3.8, 4) is 6.07 Å². The van der Waals surface area contributed by atoms with Crippen molar-refractivity contribution < 1.29 is 0 Å². The summed E-state index contributed by atoms with van der Waals surface area (Å²) in [6.45, 7) is 7.94. The molecule has 56 valence electrons. The predicted molar refractivity (Wildman–Crippen MR) is 43.4 cm³/mol. The zero-order chi connectivity index (χ0) is 8.04. The Bertz CT molecular complexity index is 137. The third kappa shape index (κ3) is 1.88. The number of hydrogen-bond acceptors (Lipinski definition) is 1. The van der Waals surface area contributed by atoms with E-state index in [-0.39, 0.29) is 5.41 Å². The molecular formula is C9H15N. The highest BCUT2D eigenvalue weighted by molar-refractivity contribution is 4.98. The van der Waals surface area contributed by atoms with Gasteiger partial charge >= 0.3 is 0 Å². The van der Waals surface area contributed by atoms with Crippen LogP contribution in [0.5, 0.6) is 0 Å². The summed E-state index contributed by atoms with van der Waals surface area (Å²) < 4.78 is 0. The summed E-state index contributed by atoms with van der Waals surface area (Å²) in [5.41, 5.74) is 0.0781. The topological polar surface area (TPSA) is 23.8 Å². The minimum absolute atomic E-state index is 0.0781. The van der Waals surface area contributed by atoms with E-state index >= 15 is 0 Å². The molecule has 1 heteroatoms. The van der Waals surface area contributed by atoms with Crippen LogP contribution in [0.3, 0.4) is 0 Å². The van der Waals surface area contributed by atoms with Crippen LogP contribution in [0, 0.1) is 16.7 Å². The van der Waals surface area contributed by atoms with Gasteiger partial charge in [-0.2, -0.15) is 5.26 Å². The third-order valence-corrected chi connectivity index (χ3v) is 2.27. The summed E-state index contributed by atoms with van der Waals surface area (Å²) in [6, 6.07) is 2.19. The molecule has 0 spiro atoms. The lowest BCUT2D eigenvalue weighted by Gasteiger charge is -2.23. The average Bonchev–Trinajstić information content (AvgIpc) is 2.01. The van der Waals surface area contributed by atoms with Crippen molar-refractivity contribution >= 4 is 0 Å².